The Balaban J connectivity index is 1.39. The van der Waals surface area contributed by atoms with E-state index in [4.69, 9.17) is 9.97 Å². The van der Waals surface area contributed by atoms with Crippen LogP contribution in [0.1, 0.15) is 39.0 Å². The van der Waals surface area contributed by atoms with E-state index in [1.807, 2.05) is 37.4 Å². The van der Waals surface area contributed by atoms with Gasteiger partial charge in [0.05, 0.1) is 0 Å². The van der Waals surface area contributed by atoms with Gasteiger partial charge in [0.25, 0.3) is 0 Å². The van der Waals surface area contributed by atoms with Gasteiger partial charge in [0.1, 0.15) is 17.5 Å². The van der Waals surface area contributed by atoms with E-state index in [1.54, 1.807) is 0 Å². The number of amides is 1. The van der Waals surface area contributed by atoms with Crippen molar-refractivity contribution in [1.29, 1.82) is 0 Å². The molecule has 1 aromatic carbocycles. The van der Waals surface area contributed by atoms with Crippen molar-refractivity contribution >= 4 is 40.8 Å². The van der Waals surface area contributed by atoms with Gasteiger partial charge >= 0.3 is 0 Å². The summed E-state index contributed by atoms with van der Waals surface area (Å²) in [5.74, 6) is 2.62. The van der Waals surface area contributed by atoms with Crippen molar-refractivity contribution in [1.82, 2.24) is 20.7 Å². The lowest BCUT2D eigenvalue weighted by Crippen LogP contribution is -2.37. The molecule has 33 heavy (non-hydrogen) atoms. The molecule has 2 aromatic rings. The van der Waals surface area contributed by atoms with Crippen molar-refractivity contribution in [2.24, 2.45) is 5.10 Å². The molecular formula is C23H32N8OS. The molecule has 0 saturated carbocycles. The number of unbranched alkanes of at least 4 members (excludes halogenated alkanes) is 1. The normalized spacial score (nSPS) is 17.2. The average molecular weight is 469 g/mol. The van der Waals surface area contributed by atoms with Gasteiger partial charge in [-0.1, -0.05) is 0 Å². The van der Waals surface area contributed by atoms with Gasteiger partial charge in [-0.3, -0.25) is 4.79 Å². The van der Waals surface area contributed by atoms with E-state index in [9.17, 15) is 4.79 Å². The van der Waals surface area contributed by atoms with Crippen LogP contribution in [0, 0.1) is 0 Å². The van der Waals surface area contributed by atoms with Crippen LogP contribution in [0.25, 0.3) is 0 Å². The Bertz CT molecular complexity index is 977. The molecule has 0 bridgehead atoms. The fourth-order valence-corrected chi connectivity index (χ4v) is 4.31. The van der Waals surface area contributed by atoms with Gasteiger partial charge in [0.15, 0.2) is 5.16 Å². The van der Waals surface area contributed by atoms with Crippen molar-refractivity contribution in [3.63, 3.8) is 0 Å². The van der Waals surface area contributed by atoms with Gasteiger partial charge in [-0.2, -0.15) is 5.10 Å². The van der Waals surface area contributed by atoms with Crippen LogP contribution in [-0.4, -0.2) is 54.4 Å². The van der Waals surface area contributed by atoms with Crippen LogP contribution in [0.2, 0.25) is 0 Å². The lowest BCUT2D eigenvalue weighted by atomic mass is 10.2. The highest BCUT2D eigenvalue weighted by Gasteiger charge is 2.20. The molecule has 9 nitrogen and oxygen atoms in total. The summed E-state index contributed by atoms with van der Waals surface area (Å²) in [7, 11) is 1.92. The molecule has 2 aliphatic rings. The lowest BCUT2D eigenvalue weighted by molar-refractivity contribution is -0.116. The van der Waals surface area contributed by atoms with E-state index in [0.29, 0.717) is 17.6 Å². The number of benzene rings is 1. The largest absolute Gasteiger partial charge is 0.356 e. The average Bonchev–Trinajstić information content (AvgIpc) is 3.16. The Morgan fingerprint density at radius 2 is 2.03 bits per heavy atom. The predicted octanol–water partition coefficient (Wildman–Crippen LogP) is 3.27. The molecule has 176 valence electrons. The number of anilines is 3. The van der Waals surface area contributed by atoms with Gasteiger partial charge in [-0.05, 0) is 75.8 Å². The van der Waals surface area contributed by atoms with E-state index in [2.05, 4.69) is 38.3 Å². The Hall–Kier alpha value is -2.85. The minimum Gasteiger partial charge on any atom is -0.356 e. The summed E-state index contributed by atoms with van der Waals surface area (Å²) in [5, 5.41) is 14.4. The molecule has 1 fully saturated rings. The molecule has 1 aromatic heterocycles. The molecule has 1 unspecified atom stereocenters. The van der Waals surface area contributed by atoms with Crippen molar-refractivity contribution in [2.45, 2.75) is 55.1 Å². The minimum atomic E-state index is 0.0476. The number of nitrogens with one attached hydrogen (secondary N) is 4. The highest BCUT2D eigenvalue weighted by atomic mass is 32.2. The number of aromatic nitrogens is 2. The van der Waals surface area contributed by atoms with Crippen LogP contribution in [0.5, 0.6) is 0 Å². The highest BCUT2D eigenvalue weighted by Crippen LogP contribution is 2.30. The van der Waals surface area contributed by atoms with Gasteiger partial charge in [-0.25, -0.2) is 9.97 Å². The van der Waals surface area contributed by atoms with Crippen LogP contribution in [0.4, 0.5) is 17.3 Å². The summed E-state index contributed by atoms with van der Waals surface area (Å²) in [6, 6.07) is 10.1. The minimum absolute atomic E-state index is 0.0476. The molecule has 4 N–H and O–H groups in total. The first-order chi connectivity index (χ1) is 16.1. The summed E-state index contributed by atoms with van der Waals surface area (Å²) in [4.78, 5) is 24.8. The molecule has 0 radical (unpaired) electrons. The monoisotopic (exact) mass is 468 g/mol. The van der Waals surface area contributed by atoms with Gasteiger partial charge in [0, 0.05) is 48.6 Å². The van der Waals surface area contributed by atoms with E-state index in [0.717, 1.165) is 67.0 Å². The van der Waals surface area contributed by atoms with Crippen LogP contribution in [0.3, 0.4) is 0 Å². The van der Waals surface area contributed by atoms with E-state index in [1.165, 1.54) is 18.2 Å². The summed E-state index contributed by atoms with van der Waals surface area (Å²) in [5.41, 5.74) is 3.88. The van der Waals surface area contributed by atoms with Crippen molar-refractivity contribution in [2.75, 3.05) is 42.2 Å². The highest BCUT2D eigenvalue weighted by molar-refractivity contribution is 7.99. The quantitative estimate of drug-likeness (QED) is 0.311. The van der Waals surface area contributed by atoms with Crippen molar-refractivity contribution < 1.29 is 4.79 Å². The molecule has 2 aliphatic heterocycles. The first-order valence-corrected chi connectivity index (χ1v) is 12.4. The maximum absolute atomic E-state index is 12.1. The second-order valence-electron chi connectivity index (χ2n) is 8.39. The van der Waals surface area contributed by atoms with Crippen molar-refractivity contribution in [3.8, 4) is 0 Å². The van der Waals surface area contributed by atoms with Gasteiger partial charge < -0.3 is 26.3 Å². The summed E-state index contributed by atoms with van der Waals surface area (Å²) in [6.45, 7) is 5.06. The summed E-state index contributed by atoms with van der Waals surface area (Å²) < 4.78 is 0. The molecule has 3 heterocycles. The second kappa shape index (κ2) is 11.3. The SMILES string of the molecule is CNCCCCC(=O)Nc1ccc(Sc2nc(NC3=NNC(C)C3)cc(N3CCC3)n2)cc1. The van der Waals surface area contributed by atoms with E-state index < -0.39 is 0 Å². The zero-order valence-corrected chi connectivity index (χ0v) is 20.0. The standard InChI is InChI=1S/C23H32N8OS/c1-16-14-20(30-29-16)26-19-15-21(31-12-5-13-31)28-23(27-19)33-18-9-7-17(8-10-18)25-22(32)6-3-4-11-24-2/h7-10,15-16,24,29H,3-6,11-14H2,1-2H3,(H,25,32)(H,26,27,28,30). The number of amidine groups is 1. The molecule has 0 spiro atoms. The van der Waals surface area contributed by atoms with Gasteiger partial charge in [0.2, 0.25) is 5.91 Å². The summed E-state index contributed by atoms with van der Waals surface area (Å²) in [6.07, 6.45) is 4.43. The maximum atomic E-state index is 12.1. The van der Waals surface area contributed by atoms with Crippen LogP contribution >= 0.6 is 11.8 Å². The molecule has 1 amide bonds. The number of hydrogen-bond acceptors (Lipinski definition) is 9. The van der Waals surface area contributed by atoms with Gasteiger partial charge in [-0.15, -0.1) is 0 Å². The molecular weight excluding hydrogens is 436 g/mol. The summed E-state index contributed by atoms with van der Waals surface area (Å²) >= 11 is 1.51. The van der Waals surface area contributed by atoms with Crippen LogP contribution < -0.4 is 26.3 Å². The smallest absolute Gasteiger partial charge is 0.224 e. The Kier molecular flexibility index (Phi) is 8.01. The number of hydrazone groups is 1. The van der Waals surface area contributed by atoms with Crippen LogP contribution in [0.15, 0.2) is 45.5 Å². The van der Waals surface area contributed by atoms with E-state index >= 15 is 0 Å². The Morgan fingerprint density at radius 1 is 1.21 bits per heavy atom. The fourth-order valence-electron chi connectivity index (χ4n) is 3.55. The maximum Gasteiger partial charge on any atom is 0.224 e. The first-order valence-electron chi connectivity index (χ1n) is 11.5. The Morgan fingerprint density at radius 3 is 2.70 bits per heavy atom. The number of hydrogen-bond donors (Lipinski definition) is 4. The molecule has 0 aliphatic carbocycles. The molecule has 1 saturated heterocycles. The third-order valence-corrected chi connectivity index (χ3v) is 6.36. The number of carbonyl (C=O) groups is 1. The lowest BCUT2D eigenvalue weighted by Gasteiger charge is -2.32. The topological polar surface area (TPSA) is 107 Å². The zero-order valence-electron chi connectivity index (χ0n) is 19.2. The molecule has 1 atom stereocenters. The van der Waals surface area contributed by atoms with E-state index in [-0.39, 0.29) is 5.91 Å². The third kappa shape index (κ3) is 6.82. The van der Waals surface area contributed by atoms with Crippen molar-refractivity contribution in [3.05, 3.63) is 30.3 Å². The number of nitrogens with zero attached hydrogens (tertiary/aromatic N) is 4. The molecule has 10 heteroatoms. The third-order valence-electron chi connectivity index (χ3n) is 5.49. The fraction of sp³-hybridized carbons (Fsp3) is 0.478. The second-order valence-corrected chi connectivity index (χ2v) is 9.43. The number of carbonyl (C=O) groups excluding carboxylic acids is 1. The number of rotatable bonds is 10. The zero-order chi connectivity index (χ0) is 23.0. The van der Waals surface area contributed by atoms with Crippen LogP contribution in [-0.2, 0) is 4.79 Å². The Labute approximate surface area is 199 Å². The first kappa shape index (κ1) is 23.3. The predicted molar refractivity (Wildman–Crippen MR) is 134 cm³/mol. The molecule has 4 rings (SSSR count).